The van der Waals surface area contributed by atoms with Crippen LogP contribution in [0.4, 0.5) is 5.69 Å². The number of aliphatic hydroxyl groups excluding tert-OH is 1. The lowest BCUT2D eigenvalue weighted by Gasteiger charge is -2.47. The van der Waals surface area contributed by atoms with Gasteiger partial charge in [0.15, 0.2) is 5.76 Å². The number of benzene rings is 1. The zero-order chi connectivity index (χ0) is 21.3. The summed E-state index contributed by atoms with van der Waals surface area (Å²) in [6.45, 7) is 1.40. The minimum Gasteiger partial charge on any atom is -0.464 e. The second-order valence-corrected chi connectivity index (χ2v) is 6.91. The molecule has 1 aromatic heterocycles. The lowest BCUT2D eigenvalue weighted by atomic mass is 9.96. The van der Waals surface area contributed by atoms with Gasteiger partial charge < -0.3 is 33.8 Å². The van der Waals surface area contributed by atoms with Gasteiger partial charge in [0.2, 0.25) is 18.5 Å². The van der Waals surface area contributed by atoms with Crippen LogP contribution in [0.1, 0.15) is 19.0 Å². The van der Waals surface area contributed by atoms with Crippen molar-refractivity contribution < 1.29 is 38.2 Å². The average Bonchev–Trinajstić information content (AvgIpc) is 3.26. The number of rotatable bonds is 5. The Labute approximate surface area is 170 Å². The fourth-order valence-electron chi connectivity index (χ4n) is 3.43. The van der Waals surface area contributed by atoms with Crippen LogP contribution in [0.25, 0.3) is 0 Å². The Morgan fingerprint density at radius 3 is 2.67 bits per heavy atom. The van der Waals surface area contributed by atoms with Gasteiger partial charge in [-0.25, -0.2) is 0 Å². The molecule has 30 heavy (non-hydrogen) atoms. The first kappa shape index (κ1) is 20.3. The van der Waals surface area contributed by atoms with Gasteiger partial charge in [0.25, 0.3) is 5.69 Å². The van der Waals surface area contributed by atoms with Crippen molar-refractivity contribution in [2.75, 3.05) is 6.61 Å². The van der Waals surface area contributed by atoms with Crippen molar-refractivity contribution in [2.45, 2.75) is 43.9 Å². The molecule has 2 N–H and O–H groups in total. The SMILES string of the molecule is CC(=O)NC1C(Oc2ccc([N+](=O)[O-])cc2)OC2COC(c3ccco3)OC2C1O. The van der Waals surface area contributed by atoms with E-state index in [0.29, 0.717) is 5.76 Å². The molecule has 1 amide bonds. The van der Waals surface area contributed by atoms with Crippen LogP contribution in [0.5, 0.6) is 5.75 Å². The summed E-state index contributed by atoms with van der Waals surface area (Å²) in [6.07, 6.45) is -3.04. The minimum atomic E-state index is -1.17. The summed E-state index contributed by atoms with van der Waals surface area (Å²) in [4.78, 5) is 22.0. The van der Waals surface area contributed by atoms with Gasteiger partial charge in [0.05, 0.1) is 17.8 Å². The molecule has 2 aliphatic rings. The molecule has 2 aromatic rings. The van der Waals surface area contributed by atoms with Gasteiger partial charge in [-0.2, -0.15) is 0 Å². The van der Waals surface area contributed by atoms with E-state index < -0.39 is 47.8 Å². The number of non-ortho nitro benzene ring substituents is 1. The van der Waals surface area contributed by atoms with Gasteiger partial charge in [-0.05, 0) is 24.3 Å². The number of aliphatic hydroxyl groups is 1. The number of nitro benzene ring substituents is 1. The Morgan fingerprint density at radius 2 is 2.03 bits per heavy atom. The summed E-state index contributed by atoms with van der Waals surface area (Å²) in [5.41, 5.74) is -0.0940. The first-order valence-corrected chi connectivity index (χ1v) is 9.24. The van der Waals surface area contributed by atoms with Gasteiger partial charge in [-0.1, -0.05) is 0 Å². The molecule has 1 aromatic carbocycles. The molecular formula is C19H20N2O9. The molecular weight excluding hydrogens is 400 g/mol. The summed E-state index contributed by atoms with van der Waals surface area (Å²) in [6, 6.07) is 7.81. The number of amides is 1. The molecule has 0 spiro atoms. The summed E-state index contributed by atoms with van der Waals surface area (Å²) < 4.78 is 28.4. The molecule has 4 rings (SSSR count). The lowest BCUT2D eigenvalue weighted by molar-refractivity contribution is -0.384. The normalized spacial score (nSPS) is 30.9. The predicted molar refractivity (Wildman–Crippen MR) is 98.3 cm³/mol. The van der Waals surface area contributed by atoms with Crippen molar-refractivity contribution in [3.05, 3.63) is 58.5 Å². The molecule has 6 atom stereocenters. The molecule has 2 aliphatic heterocycles. The number of carbonyl (C=O) groups is 1. The van der Waals surface area contributed by atoms with E-state index in [0.717, 1.165) is 0 Å². The zero-order valence-electron chi connectivity index (χ0n) is 15.9. The first-order chi connectivity index (χ1) is 14.4. The number of hydrogen-bond acceptors (Lipinski definition) is 9. The number of carbonyl (C=O) groups excluding carboxylic acids is 1. The number of nitrogens with zero attached hydrogens (tertiary/aromatic N) is 1. The summed E-state index contributed by atoms with van der Waals surface area (Å²) >= 11 is 0. The van der Waals surface area contributed by atoms with E-state index in [4.69, 9.17) is 23.4 Å². The van der Waals surface area contributed by atoms with E-state index in [9.17, 15) is 20.0 Å². The zero-order valence-corrected chi connectivity index (χ0v) is 15.9. The molecule has 3 heterocycles. The molecule has 6 unspecified atom stereocenters. The number of hydrogen-bond donors (Lipinski definition) is 2. The Morgan fingerprint density at radius 1 is 1.27 bits per heavy atom. The number of fused-ring (bicyclic) bond motifs is 1. The van der Waals surface area contributed by atoms with E-state index in [1.54, 1.807) is 12.1 Å². The predicted octanol–water partition coefficient (Wildman–Crippen LogP) is 1.27. The quantitative estimate of drug-likeness (QED) is 0.540. The van der Waals surface area contributed by atoms with Crippen LogP contribution in [-0.4, -0.2) is 53.2 Å². The maximum absolute atomic E-state index is 11.7. The molecule has 11 heteroatoms. The Hall–Kier alpha value is -2.99. The van der Waals surface area contributed by atoms with E-state index >= 15 is 0 Å². The van der Waals surface area contributed by atoms with Crippen molar-refractivity contribution in [2.24, 2.45) is 0 Å². The van der Waals surface area contributed by atoms with E-state index in [2.05, 4.69) is 5.32 Å². The van der Waals surface area contributed by atoms with Crippen molar-refractivity contribution >= 4 is 11.6 Å². The Bertz CT molecular complexity index is 886. The highest BCUT2D eigenvalue weighted by molar-refractivity contribution is 5.73. The third-order valence-corrected chi connectivity index (χ3v) is 4.81. The Kier molecular flexibility index (Phi) is 5.68. The molecule has 160 valence electrons. The van der Waals surface area contributed by atoms with Gasteiger partial charge in [0, 0.05) is 19.1 Å². The maximum atomic E-state index is 11.7. The summed E-state index contributed by atoms with van der Waals surface area (Å²) in [5.74, 6) is 0.326. The van der Waals surface area contributed by atoms with Crippen molar-refractivity contribution in [1.29, 1.82) is 0 Å². The van der Waals surface area contributed by atoms with E-state index in [1.165, 1.54) is 37.5 Å². The fraction of sp³-hybridized carbons (Fsp3) is 0.421. The number of nitro groups is 1. The highest BCUT2D eigenvalue weighted by atomic mass is 16.8. The van der Waals surface area contributed by atoms with Crippen molar-refractivity contribution in [3.8, 4) is 5.75 Å². The number of ether oxygens (including phenoxy) is 4. The van der Waals surface area contributed by atoms with Gasteiger partial charge in [0.1, 0.15) is 30.1 Å². The molecule has 0 radical (unpaired) electrons. The number of nitrogens with one attached hydrogen (secondary N) is 1. The molecule has 0 saturated carbocycles. The van der Waals surface area contributed by atoms with Gasteiger partial charge in [-0.3, -0.25) is 14.9 Å². The number of furan rings is 1. The second-order valence-electron chi connectivity index (χ2n) is 6.91. The largest absolute Gasteiger partial charge is 0.464 e. The summed E-state index contributed by atoms with van der Waals surface area (Å²) in [5, 5.41) is 24.4. The van der Waals surface area contributed by atoms with Crippen LogP contribution >= 0.6 is 0 Å². The second kappa shape index (κ2) is 8.40. The molecule has 2 fully saturated rings. The average molecular weight is 420 g/mol. The third kappa shape index (κ3) is 4.14. The van der Waals surface area contributed by atoms with E-state index in [1.807, 2.05) is 0 Å². The fourth-order valence-corrected chi connectivity index (χ4v) is 3.43. The molecule has 11 nitrogen and oxygen atoms in total. The smallest absolute Gasteiger partial charge is 0.269 e. The van der Waals surface area contributed by atoms with Crippen LogP contribution in [0.3, 0.4) is 0 Å². The van der Waals surface area contributed by atoms with E-state index in [-0.39, 0.29) is 18.0 Å². The monoisotopic (exact) mass is 420 g/mol. The van der Waals surface area contributed by atoms with Crippen LogP contribution < -0.4 is 10.1 Å². The topological polar surface area (TPSA) is 143 Å². The van der Waals surface area contributed by atoms with Crippen LogP contribution in [0, 0.1) is 10.1 Å². The first-order valence-electron chi connectivity index (χ1n) is 9.24. The maximum Gasteiger partial charge on any atom is 0.269 e. The molecule has 2 saturated heterocycles. The molecule has 0 bridgehead atoms. The highest BCUT2D eigenvalue weighted by Gasteiger charge is 2.51. The van der Waals surface area contributed by atoms with Gasteiger partial charge in [-0.15, -0.1) is 0 Å². The van der Waals surface area contributed by atoms with Crippen LogP contribution in [-0.2, 0) is 19.0 Å². The van der Waals surface area contributed by atoms with Gasteiger partial charge >= 0.3 is 0 Å². The third-order valence-electron chi connectivity index (χ3n) is 4.81. The van der Waals surface area contributed by atoms with Crippen molar-refractivity contribution in [3.63, 3.8) is 0 Å². The molecule has 0 aliphatic carbocycles. The lowest BCUT2D eigenvalue weighted by Crippen LogP contribution is -2.67. The van der Waals surface area contributed by atoms with Crippen molar-refractivity contribution in [1.82, 2.24) is 5.32 Å². The minimum absolute atomic E-state index is 0.0940. The van der Waals surface area contributed by atoms with Crippen LogP contribution in [0.15, 0.2) is 47.1 Å². The summed E-state index contributed by atoms with van der Waals surface area (Å²) in [7, 11) is 0. The standard InChI is InChI=1S/C19H20N2O9/c1-10(22)20-15-16(23)17-14(9-27-18(30-17)13-3-2-8-26-13)29-19(15)28-12-6-4-11(5-7-12)21(24)25/h2-8,14-19,23H,9H2,1H3,(H,20,22). The van der Waals surface area contributed by atoms with Crippen LogP contribution in [0.2, 0.25) is 0 Å². The Balaban J connectivity index is 1.51. The highest BCUT2D eigenvalue weighted by Crippen LogP contribution is 2.35.